The molecular formula is C15H18N2O2. The summed E-state index contributed by atoms with van der Waals surface area (Å²) in [6, 6.07) is 9.46. The number of rotatable bonds is 2. The molecule has 0 radical (unpaired) electrons. The predicted molar refractivity (Wildman–Crippen MR) is 75.8 cm³/mol. The lowest BCUT2D eigenvalue weighted by molar-refractivity contribution is -0.123. The number of para-hydroxylation sites is 1. The molecule has 0 unspecified atom stereocenters. The van der Waals surface area contributed by atoms with Crippen LogP contribution in [-0.2, 0) is 11.4 Å². The van der Waals surface area contributed by atoms with E-state index in [0.717, 1.165) is 10.9 Å². The maximum absolute atomic E-state index is 12.0. The van der Waals surface area contributed by atoms with E-state index < -0.39 is 5.41 Å². The van der Waals surface area contributed by atoms with Crippen LogP contribution in [0.3, 0.4) is 0 Å². The smallest absolute Gasteiger partial charge is 0.229 e. The zero-order chi connectivity index (χ0) is 14.0. The Bertz CT molecular complexity index is 615. The number of fused-ring (bicyclic) bond motifs is 1. The van der Waals surface area contributed by atoms with Crippen LogP contribution in [0.1, 0.15) is 26.5 Å². The van der Waals surface area contributed by atoms with E-state index in [4.69, 9.17) is 0 Å². The van der Waals surface area contributed by atoms with Gasteiger partial charge in [0.1, 0.15) is 0 Å². The van der Waals surface area contributed by atoms with Gasteiger partial charge in [-0.3, -0.25) is 4.79 Å². The number of pyridine rings is 1. The Morgan fingerprint density at radius 1 is 1.32 bits per heavy atom. The Kier molecular flexibility index (Phi) is 3.53. The average Bonchev–Trinajstić information content (AvgIpc) is 2.36. The fraction of sp³-hybridized carbons (Fsp3) is 0.333. The van der Waals surface area contributed by atoms with Crippen molar-refractivity contribution in [2.75, 3.05) is 5.32 Å². The van der Waals surface area contributed by atoms with Crippen molar-refractivity contribution in [1.29, 1.82) is 0 Å². The minimum absolute atomic E-state index is 0.0979. The van der Waals surface area contributed by atoms with Crippen LogP contribution in [-0.4, -0.2) is 16.0 Å². The molecule has 2 N–H and O–H groups in total. The molecular weight excluding hydrogens is 240 g/mol. The van der Waals surface area contributed by atoms with Gasteiger partial charge in [0.25, 0.3) is 0 Å². The van der Waals surface area contributed by atoms with Crippen LogP contribution in [0.4, 0.5) is 5.69 Å². The Labute approximate surface area is 112 Å². The van der Waals surface area contributed by atoms with Gasteiger partial charge in [0.2, 0.25) is 5.91 Å². The molecule has 1 aromatic carbocycles. The van der Waals surface area contributed by atoms with Gasteiger partial charge in [-0.15, -0.1) is 0 Å². The van der Waals surface area contributed by atoms with E-state index in [-0.39, 0.29) is 12.5 Å². The number of carbonyl (C=O) groups excluding carboxylic acids is 1. The predicted octanol–water partition coefficient (Wildman–Crippen LogP) is 2.71. The second-order valence-corrected chi connectivity index (χ2v) is 5.54. The molecule has 1 heterocycles. The summed E-state index contributed by atoms with van der Waals surface area (Å²) in [5.41, 5.74) is 1.37. The first-order valence-corrected chi connectivity index (χ1v) is 6.23. The van der Waals surface area contributed by atoms with Crippen LogP contribution in [0.25, 0.3) is 10.9 Å². The summed E-state index contributed by atoms with van der Waals surface area (Å²) < 4.78 is 0. The summed E-state index contributed by atoms with van der Waals surface area (Å²) in [7, 11) is 0. The number of hydrogen-bond acceptors (Lipinski definition) is 3. The fourth-order valence-electron chi connectivity index (χ4n) is 1.69. The van der Waals surface area contributed by atoms with E-state index in [2.05, 4.69) is 10.3 Å². The van der Waals surface area contributed by atoms with Gasteiger partial charge >= 0.3 is 0 Å². The lowest BCUT2D eigenvalue weighted by Gasteiger charge is -2.19. The third kappa shape index (κ3) is 2.90. The standard InChI is InChI=1S/C15H18N2O2/c1-15(2,3)14(19)17-12-8-10-6-4-5-7-11(10)16-13(12)9-18/h4-8,18H,9H2,1-3H3,(H,17,19). The number of nitrogens with one attached hydrogen (secondary N) is 1. The van der Waals surface area contributed by atoms with Crippen molar-refractivity contribution in [3.63, 3.8) is 0 Å². The molecule has 0 bridgehead atoms. The minimum atomic E-state index is -0.488. The molecule has 1 amide bonds. The molecule has 0 aliphatic heterocycles. The second-order valence-electron chi connectivity index (χ2n) is 5.54. The molecule has 100 valence electrons. The molecule has 0 spiro atoms. The van der Waals surface area contributed by atoms with Gasteiger partial charge < -0.3 is 10.4 Å². The van der Waals surface area contributed by atoms with Gasteiger partial charge in [-0.1, -0.05) is 39.0 Å². The Morgan fingerprint density at radius 2 is 2.00 bits per heavy atom. The normalized spacial score (nSPS) is 11.6. The number of carbonyl (C=O) groups is 1. The molecule has 0 fully saturated rings. The first-order valence-electron chi connectivity index (χ1n) is 6.23. The van der Waals surface area contributed by atoms with Gasteiger partial charge in [0.15, 0.2) is 0 Å². The zero-order valence-corrected chi connectivity index (χ0v) is 11.4. The maximum atomic E-state index is 12.0. The number of benzene rings is 1. The Morgan fingerprint density at radius 3 is 2.63 bits per heavy atom. The van der Waals surface area contributed by atoms with Gasteiger partial charge in [-0.2, -0.15) is 0 Å². The number of nitrogens with zero attached hydrogens (tertiary/aromatic N) is 1. The molecule has 0 atom stereocenters. The van der Waals surface area contributed by atoms with Gasteiger partial charge in [0.05, 0.1) is 23.5 Å². The van der Waals surface area contributed by atoms with Crippen LogP contribution in [0.2, 0.25) is 0 Å². The van der Waals surface area contributed by atoms with E-state index in [1.165, 1.54) is 0 Å². The van der Waals surface area contributed by atoms with Crippen molar-refractivity contribution < 1.29 is 9.90 Å². The second kappa shape index (κ2) is 4.97. The van der Waals surface area contributed by atoms with E-state index in [9.17, 15) is 9.90 Å². The molecule has 0 saturated heterocycles. The molecule has 2 rings (SSSR count). The van der Waals surface area contributed by atoms with Crippen molar-refractivity contribution in [2.45, 2.75) is 27.4 Å². The highest BCUT2D eigenvalue weighted by molar-refractivity contribution is 5.96. The number of aliphatic hydroxyl groups is 1. The third-order valence-electron chi connectivity index (χ3n) is 2.88. The first kappa shape index (κ1) is 13.5. The molecule has 0 aliphatic carbocycles. The molecule has 2 aromatic rings. The van der Waals surface area contributed by atoms with Gasteiger partial charge in [-0.05, 0) is 12.1 Å². The topological polar surface area (TPSA) is 62.2 Å². The summed E-state index contributed by atoms with van der Waals surface area (Å²) >= 11 is 0. The Balaban J connectivity index is 2.44. The van der Waals surface area contributed by atoms with E-state index in [0.29, 0.717) is 11.4 Å². The van der Waals surface area contributed by atoms with Crippen molar-refractivity contribution >= 4 is 22.5 Å². The van der Waals surface area contributed by atoms with Crippen LogP contribution < -0.4 is 5.32 Å². The van der Waals surface area contributed by atoms with Crippen LogP contribution in [0.15, 0.2) is 30.3 Å². The zero-order valence-electron chi connectivity index (χ0n) is 11.4. The molecule has 0 aliphatic rings. The van der Waals surface area contributed by atoms with Crippen LogP contribution >= 0.6 is 0 Å². The van der Waals surface area contributed by atoms with Crippen molar-refractivity contribution in [3.05, 3.63) is 36.0 Å². The number of anilines is 1. The Hall–Kier alpha value is -1.94. The average molecular weight is 258 g/mol. The molecule has 19 heavy (non-hydrogen) atoms. The van der Waals surface area contributed by atoms with Gasteiger partial charge in [0, 0.05) is 10.8 Å². The lowest BCUT2D eigenvalue weighted by atomic mass is 9.95. The molecule has 4 nitrogen and oxygen atoms in total. The number of amides is 1. The quantitative estimate of drug-likeness (QED) is 0.870. The SMILES string of the molecule is CC(C)(C)C(=O)Nc1cc2ccccc2nc1CO. The fourth-order valence-corrected chi connectivity index (χ4v) is 1.69. The largest absolute Gasteiger partial charge is 0.390 e. The van der Waals surface area contributed by atoms with E-state index in [1.54, 1.807) is 0 Å². The van der Waals surface area contributed by atoms with Crippen LogP contribution in [0, 0.1) is 5.41 Å². The summed E-state index contributed by atoms with van der Waals surface area (Å²) in [6.45, 7) is 5.32. The highest BCUT2D eigenvalue weighted by Crippen LogP contribution is 2.23. The van der Waals surface area contributed by atoms with Gasteiger partial charge in [-0.25, -0.2) is 4.98 Å². The number of aliphatic hydroxyl groups excluding tert-OH is 1. The molecule has 0 saturated carbocycles. The summed E-state index contributed by atoms with van der Waals surface area (Å²) in [6.07, 6.45) is 0. The van der Waals surface area contributed by atoms with E-state index >= 15 is 0 Å². The van der Waals surface area contributed by atoms with E-state index in [1.807, 2.05) is 51.1 Å². The number of hydrogen-bond donors (Lipinski definition) is 2. The molecule has 4 heteroatoms. The van der Waals surface area contributed by atoms with Crippen molar-refractivity contribution in [3.8, 4) is 0 Å². The highest BCUT2D eigenvalue weighted by Gasteiger charge is 2.22. The lowest BCUT2D eigenvalue weighted by Crippen LogP contribution is -2.28. The summed E-state index contributed by atoms with van der Waals surface area (Å²) in [5, 5.41) is 13.1. The maximum Gasteiger partial charge on any atom is 0.229 e. The molecule has 1 aromatic heterocycles. The highest BCUT2D eigenvalue weighted by atomic mass is 16.3. The minimum Gasteiger partial charge on any atom is -0.390 e. The summed E-state index contributed by atoms with van der Waals surface area (Å²) in [5.74, 6) is -0.0979. The first-order chi connectivity index (χ1) is 8.91. The van der Waals surface area contributed by atoms with Crippen molar-refractivity contribution in [2.24, 2.45) is 5.41 Å². The number of aromatic nitrogens is 1. The van der Waals surface area contributed by atoms with Crippen molar-refractivity contribution in [1.82, 2.24) is 4.98 Å². The summed E-state index contributed by atoms with van der Waals surface area (Å²) in [4.78, 5) is 16.4. The third-order valence-corrected chi connectivity index (χ3v) is 2.88. The monoisotopic (exact) mass is 258 g/mol. The van der Waals surface area contributed by atoms with Crippen LogP contribution in [0.5, 0.6) is 0 Å².